The van der Waals surface area contributed by atoms with Crippen LogP contribution in [0.3, 0.4) is 0 Å². The van der Waals surface area contributed by atoms with E-state index >= 15 is 0 Å². The largest absolute Gasteiger partial charge is 0.420 e. The molecule has 1 aliphatic heterocycles. The topological polar surface area (TPSA) is 54.5 Å². The number of methoxy groups -OCH3 is 1. The fourth-order valence-corrected chi connectivity index (χ4v) is 2.02. The zero-order chi connectivity index (χ0) is 15.7. The fraction of sp³-hybridized carbons (Fsp3) is 0.538. The zero-order valence-electron chi connectivity index (χ0n) is 11.7. The Morgan fingerprint density at radius 2 is 2.14 bits per heavy atom. The Labute approximate surface area is 120 Å². The number of nitrogens with zero attached hydrogens (tertiary/aromatic N) is 2. The third kappa shape index (κ3) is 3.10. The van der Waals surface area contributed by atoms with Crippen LogP contribution in [-0.4, -0.2) is 47.9 Å². The number of halogens is 3. The van der Waals surface area contributed by atoms with Gasteiger partial charge < -0.3 is 15.0 Å². The number of carbonyl (C=O) groups excluding carboxylic acids is 1. The minimum atomic E-state index is -4.49. The number of amides is 2. The Morgan fingerprint density at radius 1 is 1.48 bits per heavy atom. The maximum Gasteiger partial charge on any atom is 0.420 e. The van der Waals surface area contributed by atoms with Crippen molar-refractivity contribution in [3.05, 3.63) is 29.6 Å². The van der Waals surface area contributed by atoms with Gasteiger partial charge in [-0.2, -0.15) is 13.2 Å². The molecular weight excluding hydrogens is 287 g/mol. The molecule has 1 saturated heterocycles. The molecule has 0 aliphatic carbocycles. The van der Waals surface area contributed by atoms with Crippen LogP contribution >= 0.6 is 0 Å². The Morgan fingerprint density at radius 3 is 2.62 bits per heavy atom. The molecule has 116 valence electrons. The van der Waals surface area contributed by atoms with Crippen LogP contribution in [0, 0.1) is 6.92 Å². The second-order valence-electron chi connectivity index (χ2n) is 5.04. The molecule has 0 bridgehead atoms. The highest BCUT2D eigenvalue weighted by molar-refractivity contribution is 5.75. The van der Waals surface area contributed by atoms with Gasteiger partial charge in [0.15, 0.2) is 5.60 Å². The van der Waals surface area contributed by atoms with Gasteiger partial charge in [0.05, 0.1) is 25.3 Å². The highest BCUT2D eigenvalue weighted by atomic mass is 19.4. The summed E-state index contributed by atoms with van der Waals surface area (Å²) in [6.45, 7) is 1.05. The molecule has 8 heteroatoms. The summed E-state index contributed by atoms with van der Waals surface area (Å²) in [5, 5.41) is 2.54. The van der Waals surface area contributed by atoms with Crippen molar-refractivity contribution in [3.63, 3.8) is 0 Å². The van der Waals surface area contributed by atoms with Crippen LogP contribution in [0.1, 0.15) is 11.3 Å². The Hall–Kier alpha value is -1.83. The average molecular weight is 303 g/mol. The molecule has 0 spiro atoms. The van der Waals surface area contributed by atoms with E-state index in [-0.39, 0.29) is 6.54 Å². The molecule has 1 aliphatic rings. The lowest BCUT2D eigenvalue weighted by atomic mass is 9.93. The van der Waals surface area contributed by atoms with Gasteiger partial charge in [0.25, 0.3) is 0 Å². The fourth-order valence-electron chi connectivity index (χ4n) is 2.02. The lowest BCUT2D eigenvalue weighted by Gasteiger charge is -2.49. The molecule has 21 heavy (non-hydrogen) atoms. The predicted molar refractivity (Wildman–Crippen MR) is 68.6 cm³/mol. The van der Waals surface area contributed by atoms with Gasteiger partial charge in [0.2, 0.25) is 0 Å². The standard InChI is InChI=1S/C13H16F3N3O2/c1-9-3-4-10(17-5-9)6-18-11(20)19-7-12(8-19,21-2)13(14,15)16/h3-5H,6-8H2,1-2H3,(H,18,20). The lowest BCUT2D eigenvalue weighted by molar-refractivity contribution is -0.303. The van der Waals surface area contributed by atoms with E-state index in [1.807, 2.05) is 13.0 Å². The summed E-state index contributed by atoms with van der Waals surface area (Å²) in [5.41, 5.74) is -0.613. The smallest absolute Gasteiger partial charge is 0.365 e. The molecule has 1 N–H and O–H groups in total. The molecule has 1 aromatic rings. The van der Waals surface area contributed by atoms with Crippen molar-refractivity contribution < 1.29 is 22.7 Å². The van der Waals surface area contributed by atoms with Gasteiger partial charge >= 0.3 is 12.2 Å². The molecule has 5 nitrogen and oxygen atoms in total. The molecule has 0 aromatic carbocycles. The molecule has 0 radical (unpaired) electrons. The number of urea groups is 1. The van der Waals surface area contributed by atoms with Gasteiger partial charge in [-0.3, -0.25) is 4.98 Å². The number of aryl methyl sites for hydroxylation is 1. The molecule has 1 aromatic heterocycles. The van der Waals surface area contributed by atoms with Gasteiger partial charge in [-0.1, -0.05) is 6.07 Å². The third-order valence-electron chi connectivity index (χ3n) is 3.48. The maximum atomic E-state index is 12.8. The second-order valence-corrected chi connectivity index (χ2v) is 5.04. The van der Waals surface area contributed by atoms with Gasteiger partial charge in [0.1, 0.15) is 0 Å². The van der Waals surface area contributed by atoms with E-state index in [9.17, 15) is 18.0 Å². The molecule has 2 rings (SSSR count). The molecule has 2 heterocycles. The van der Waals surface area contributed by atoms with Crippen molar-refractivity contribution in [1.29, 1.82) is 0 Å². The summed E-state index contributed by atoms with van der Waals surface area (Å²) < 4.78 is 42.9. The van der Waals surface area contributed by atoms with Crippen molar-refractivity contribution in [3.8, 4) is 0 Å². The van der Waals surface area contributed by atoms with Crippen molar-refractivity contribution in [2.45, 2.75) is 25.2 Å². The van der Waals surface area contributed by atoms with Crippen LogP contribution in [-0.2, 0) is 11.3 Å². The minimum Gasteiger partial charge on any atom is -0.365 e. The number of hydrogen-bond acceptors (Lipinski definition) is 3. The number of nitrogens with one attached hydrogen (secondary N) is 1. The van der Waals surface area contributed by atoms with Crippen LogP contribution in [0.2, 0.25) is 0 Å². The monoisotopic (exact) mass is 303 g/mol. The molecule has 1 fully saturated rings. The van der Waals surface area contributed by atoms with Crippen molar-refractivity contribution >= 4 is 6.03 Å². The number of likely N-dealkylation sites (tertiary alicyclic amines) is 1. The number of carbonyl (C=O) groups is 1. The van der Waals surface area contributed by atoms with E-state index in [1.165, 1.54) is 0 Å². The summed E-state index contributed by atoms with van der Waals surface area (Å²) in [6.07, 6.45) is -2.83. The number of aromatic nitrogens is 1. The molecule has 0 unspecified atom stereocenters. The number of alkyl halides is 3. The number of rotatable bonds is 3. The van der Waals surface area contributed by atoms with Crippen LogP contribution in [0.25, 0.3) is 0 Å². The number of hydrogen-bond donors (Lipinski definition) is 1. The van der Waals surface area contributed by atoms with Gasteiger partial charge in [-0.05, 0) is 18.6 Å². The first kappa shape index (κ1) is 15.6. The van der Waals surface area contributed by atoms with Gasteiger partial charge in [0, 0.05) is 13.3 Å². The average Bonchev–Trinajstić information content (AvgIpc) is 2.35. The first-order valence-electron chi connectivity index (χ1n) is 6.33. The van der Waals surface area contributed by atoms with Crippen LogP contribution in [0.4, 0.5) is 18.0 Å². The minimum absolute atomic E-state index is 0.168. The number of pyridine rings is 1. The van der Waals surface area contributed by atoms with E-state index in [2.05, 4.69) is 15.0 Å². The summed E-state index contributed by atoms with van der Waals surface area (Å²) in [7, 11) is 0.999. The normalized spacial score (nSPS) is 17.3. The highest BCUT2D eigenvalue weighted by Gasteiger charge is 2.63. The Bertz CT molecular complexity index is 510. The van der Waals surface area contributed by atoms with E-state index in [0.29, 0.717) is 5.69 Å². The first-order chi connectivity index (χ1) is 9.77. The molecule has 0 saturated carbocycles. The summed E-state index contributed by atoms with van der Waals surface area (Å²) in [5.74, 6) is 0. The zero-order valence-corrected chi connectivity index (χ0v) is 11.7. The SMILES string of the molecule is COC1(C(F)(F)F)CN(C(=O)NCc2ccc(C)cn2)C1. The Kier molecular flexibility index (Phi) is 4.08. The first-order valence-corrected chi connectivity index (χ1v) is 6.33. The third-order valence-corrected chi connectivity index (χ3v) is 3.48. The van der Waals surface area contributed by atoms with Gasteiger partial charge in [-0.25, -0.2) is 4.79 Å². The van der Waals surface area contributed by atoms with Crippen molar-refractivity contribution in [2.75, 3.05) is 20.2 Å². The summed E-state index contributed by atoms with van der Waals surface area (Å²) in [6, 6.07) is 3.04. The molecule has 2 amide bonds. The van der Waals surface area contributed by atoms with Crippen LogP contribution in [0.5, 0.6) is 0 Å². The second kappa shape index (κ2) is 5.51. The summed E-state index contributed by atoms with van der Waals surface area (Å²) >= 11 is 0. The highest BCUT2D eigenvalue weighted by Crippen LogP contribution is 2.40. The Balaban J connectivity index is 1.85. The lowest BCUT2D eigenvalue weighted by Crippen LogP contribution is -2.72. The van der Waals surface area contributed by atoms with E-state index in [1.54, 1.807) is 12.3 Å². The maximum absolute atomic E-state index is 12.8. The van der Waals surface area contributed by atoms with Crippen LogP contribution < -0.4 is 5.32 Å². The van der Waals surface area contributed by atoms with E-state index in [0.717, 1.165) is 17.6 Å². The van der Waals surface area contributed by atoms with Gasteiger partial charge in [-0.15, -0.1) is 0 Å². The van der Waals surface area contributed by atoms with E-state index in [4.69, 9.17) is 0 Å². The molecular formula is C13H16F3N3O2. The molecule has 0 atom stereocenters. The van der Waals surface area contributed by atoms with Crippen molar-refractivity contribution in [2.24, 2.45) is 0 Å². The predicted octanol–water partition coefficient (Wildman–Crippen LogP) is 1.86. The quantitative estimate of drug-likeness (QED) is 0.927. The number of ether oxygens (including phenoxy) is 1. The van der Waals surface area contributed by atoms with Crippen molar-refractivity contribution in [1.82, 2.24) is 15.2 Å². The van der Waals surface area contributed by atoms with E-state index < -0.39 is 30.9 Å². The summed E-state index contributed by atoms with van der Waals surface area (Å²) in [4.78, 5) is 16.9. The van der Waals surface area contributed by atoms with Crippen LogP contribution in [0.15, 0.2) is 18.3 Å².